The monoisotopic (exact) mass is 421 g/mol. The van der Waals surface area contributed by atoms with Crippen molar-refractivity contribution in [3.05, 3.63) is 45.4 Å². The first-order chi connectivity index (χ1) is 13.8. The molecule has 1 aromatic carbocycles. The number of benzene rings is 1. The number of urea groups is 1. The number of hydrogen-bond acceptors (Lipinski definition) is 5. The Morgan fingerprint density at radius 2 is 2.00 bits per heavy atom. The molecule has 0 bridgehead atoms. The van der Waals surface area contributed by atoms with Gasteiger partial charge in [-0.3, -0.25) is 4.79 Å². The van der Waals surface area contributed by atoms with Gasteiger partial charge in [0, 0.05) is 41.1 Å². The Morgan fingerprint density at radius 1 is 1.31 bits per heavy atom. The summed E-state index contributed by atoms with van der Waals surface area (Å²) >= 11 is 1.48. The van der Waals surface area contributed by atoms with E-state index in [4.69, 9.17) is 4.74 Å². The lowest BCUT2D eigenvalue weighted by molar-refractivity contribution is -0.119. The van der Waals surface area contributed by atoms with E-state index in [1.54, 1.807) is 0 Å². The fourth-order valence-corrected chi connectivity index (χ4v) is 4.87. The van der Waals surface area contributed by atoms with Crippen LogP contribution < -0.4 is 15.4 Å². The largest absolute Gasteiger partial charge is 0.497 e. The lowest BCUT2D eigenvalue weighted by Gasteiger charge is -2.23. The number of hydrogen-bond donors (Lipinski definition) is 2. The number of aryl methyl sites for hydroxylation is 1. The van der Waals surface area contributed by atoms with Crippen LogP contribution in [0.1, 0.15) is 47.9 Å². The zero-order valence-electron chi connectivity index (χ0n) is 16.1. The summed E-state index contributed by atoms with van der Waals surface area (Å²) in [6.07, 6.45) is 1.94. The van der Waals surface area contributed by atoms with Gasteiger partial charge in [0.15, 0.2) is 5.78 Å². The average Bonchev–Trinajstić information content (AvgIpc) is 3.17. The van der Waals surface area contributed by atoms with E-state index in [9.17, 15) is 18.4 Å². The maximum Gasteiger partial charge on any atom is 0.316 e. The van der Waals surface area contributed by atoms with E-state index < -0.39 is 35.2 Å². The molecule has 0 radical (unpaired) electrons. The number of halogens is 2. The Kier molecular flexibility index (Phi) is 5.02. The zero-order valence-corrected chi connectivity index (χ0v) is 16.9. The van der Waals surface area contributed by atoms with Gasteiger partial charge in [-0.1, -0.05) is 0 Å². The Morgan fingerprint density at radius 3 is 2.55 bits per heavy atom. The van der Waals surface area contributed by atoms with Crippen LogP contribution in [0.4, 0.5) is 13.6 Å². The molecule has 2 aliphatic carbocycles. The van der Waals surface area contributed by atoms with Crippen LogP contribution in [0, 0.1) is 18.6 Å². The molecule has 1 heterocycles. The number of carbonyl (C=O) groups excluding carboxylic acids is 2. The number of thiazole rings is 1. The van der Waals surface area contributed by atoms with Crippen LogP contribution in [0.2, 0.25) is 0 Å². The van der Waals surface area contributed by atoms with Gasteiger partial charge in [0.2, 0.25) is 0 Å². The Labute approximate surface area is 170 Å². The lowest BCUT2D eigenvalue weighted by atomic mass is 9.92. The highest BCUT2D eigenvalue weighted by molar-refractivity contribution is 7.09. The molecule has 2 fully saturated rings. The summed E-state index contributed by atoms with van der Waals surface area (Å²) in [6.45, 7) is 1.88. The maximum atomic E-state index is 14.5. The number of nitrogens with zero attached hydrogens (tertiary/aromatic N) is 1. The van der Waals surface area contributed by atoms with Crippen LogP contribution >= 0.6 is 11.3 Å². The summed E-state index contributed by atoms with van der Waals surface area (Å²) in [7, 11) is 1.32. The third-order valence-electron chi connectivity index (χ3n) is 5.53. The Bertz CT molecular complexity index is 951. The van der Waals surface area contributed by atoms with Gasteiger partial charge in [0.25, 0.3) is 0 Å². The SMILES string of the molecule is COc1cc(F)c([C@@H]2CCC(=O)[C@H]2NC(=O)NC2(c3nc(C)cs3)CC2)c(F)c1. The fourth-order valence-electron chi connectivity index (χ4n) is 3.86. The van der Waals surface area contributed by atoms with Crippen molar-refractivity contribution in [2.45, 2.75) is 50.1 Å². The lowest BCUT2D eigenvalue weighted by Crippen LogP contribution is -2.49. The standard InChI is InChI=1S/C20H21F2N3O3S/c1-10-9-29-18(23-10)20(5-6-20)25-19(27)24-17-12(3-4-15(17)26)16-13(21)7-11(28-2)8-14(16)22/h7-9,12,17H,3-6H2,1-2H3,(H2,24,25,27)/t12-,17-/m0/s1. The minimum Gasteiger partial charge on any atom is -0.497 e. The molecule has 2 saturated carbocycles. The van der Waals surface area contributed by atoms with E-state index in [2.05, 4.69) is 15.6 Å². The van der Waals surface area contributed by atoms with Crippen LogP contribution in [-0.2, 0) is 10.3 Å². The van der Waals surface area contributed by atoms with E-state index in [0.29, 0.717) is 0 Å². The van der Waals surface area contributed by atoms with Crippen molar-refractivity contribution in [2.24, 2.45) is 0 Å². The first-order valence-electron chi connectivity index (χ1n) is 9.40. The quantitative estimate of drug-likeness (QED) is 0.774. The molecule has 0 saturated heterocycles. The van der Waals surface area contributed by atoms with Crippen molar-refractivity contribution in [1.29, 1.82) is 0 Å². The van der Waals surface area contributed by atoms with Crippen LogP contribution in [0.15, 0.2) is 17.5 Å². The van der Waals surface area contributed by atoms with Gasteiger partial charge in [-0.15, -0.1) is 11.3 Å². The summed E-state index contributed by atoms with van der Waals surface area (Å²) in [4.78, 5) is 29.4. The van der Waals surface area contributed by atoms with Gasteiger partial charge < -0.3 is 15.4 Å². The Balaban J connectivity index is 1.52. The molecular formula is C20H21F2N3O3S. The van der Waals surface area contributed by atoms with Gasteiger partial charge in [0.05, 0.1) is 18.7 Å². The highest BCUT2D eigenvalue weighted by atomic mass is 32.1. The third-order valence-corrected chi connectivity index (χ3v) is 6.69. The summed E-state index contributed by atoms with van der Waals surface area (Å²) < 4.78 is 33.9. The second-order valence-corrected chi connectivity index (χ2v) is 8.43. The van der Waals surface area contributed by atoms with Gasteiger partial charge in [-0.05, 0) is 26.2 Å². The van der Waals surface area contributed by atoms with Crippen LogP contribution in [0.5, 0.6) is 5.75 Å². The van der Waals surface area contributed by atoms with Crippen LogP contribution in [-0.4, -0.2) is 29.9 Å². The normalized spacial score (nSPS) is 22.4. The highest BCUT2D eigenvalue weighted by Crippen LogP contribution is 2.46. The molecule has 2 aliphatic rings. The van der Waals surface area contributed by atoms with Gasteiger partial charge >= 0.3 is 6.03 Å². The van der Waals surface area contributed by atoms with Gasteiger partial charge in [-0.25, -0.2) is 18.6 Å². The summed E-state index contributed by atoms with van der Waals surface area (Å²) in [5.74, 6) is -2.52. The molecular weight excluding hydrogens is 400 g/mol. The van der Waals surface area contributed by atoms with E-state index in [0.717, 1.165) is 35.7 Å². The van der Waals surface area contributed by atoms with E-state index >= 15 is 0 Å². The first kappa shape index (κ1) is 19.8. The zero-order chi connectivity index (χ0) is 20.8. The molecule has 0 spiro atoms. The van der Waals surface area contributed by atoms with E-state index in [1.165, 1.54) is 18.4 Å². The summed E-state index contributed by atoms with van der Waals surface area (Å²) in [5, 5.41) is 8.29. The number of ketones is 1. The average molecular weight is 421 g/mol. The topological polar surface area (TPSA) is 80.3 Å². The van der Waals surface area contributed by atoms with Crippen LogP contribution in [0.25, 0.3) is 0 Å². The number of rotatable bonds is 5. The number of methoxy groups -OCH3 is 1. The molecule has 154 valence electrons. The van der Waals surface area contributed by atoms with Crippen molar-refractivity contribution in [1.82, 2.24) is 15.6 Å². The van der Waals surface area contributed by atoms with Crippen molar-refractivity contribution < 1.29 is 23.1 Å². The molecule has 4 rings (SSSR count). The van der Waals surface area contributed by atoms with Gasteiger partial charge in [-0.2, -0.15) is 0 Å². The van der Waals surface area contributed by atoms with Crippen LogP contribution in [0.3, 0.4) is 0 Å². The predicted molar refractivity (Wildman–Crippen MR) is 103 cm³/mol. The minimum atomic E-state index is -0.985. The number of Topliss-reactive ketones (excluding diaryl/α,β-unsaturated/α-hetero) is 1. The second kappa shape index (κ2) is 7.37. The van der Waals surface area contributed by atoms with Crippen molar-refractivity contribution in [3.63, 3.8) is 0 Å². The van der Waals surface area contributed by atoms with E-state index in [1.807, 2.05) is 12.3 Å². The smallest absolute Gasteiger partial charge is 0.316 e. The van der Waals surface area contributed by atoms with Crippen molar-refractivity contribution in [2.75, 3.05) is 7.11 Å². The molecule has 0 aliphatic heterocycles. The van der Waals surface area contributed by atoms with Gasteiger partial charge in [0.1, 0.15) is 22.4 Å². The molecule has 0 unspecified atom stereocenters. The van der Waals surface area contributed by atoms with E-state index in [-0.39, 0.29) is 29.9 Å². The van der Waals surface area contributed by atoms with Crippen molar-refractivity contribution >= 4 is 23.2 Å². The molecule has 6 nitrogen and oxygen atoms in total. The highest BCUT2D eigenvalue weighted by Gasteiger charge is 2.49. The maximum absolute atomic E-state index is 14.5. The molecule has 9 heteroatoms. The molecule has 29 heavy (non-hydrogen) atoms. The van der Waals surface area contributed by atoms with Crippen molar-refractivity contribution in [3.8, 4) is 5.75 Å². The molecule has 2 atom stereocenters. The second-order valence-electron chi connectivity index (χ2n) is 7.57. The first-order valence-corrected chi connectivity index (χ1v) is 10.3. The summed E-state index contributed by atoms with van der Waals surface area (Å²) in [6, 6.07) is 0.654. The molecule has 2 N–H and O–H groups in total. The number of nitrogens with one attached hydrogen (secondary N) is 2. The molecule has 2 amide bonds. The number of aromatic nitrogens is 1. The fraction of sp³-hybridized carbons (Fsp3) is 0.450. The molecule has 1 aromatic heterocycles. The number of amides is 2. The predicted octanol–water partition coefficient (Wildman–Crippen LogP) is 3.54. The summed E-state index contributed by atoms with van der Waals surface area (Å²) in [5.41, 5.74) is 0.171. The third kappa shape index (κ3) is 3.71. The Hall–Kier alpha value is -2.55. The number of ether oxygens (including phenoxy) is 1. The molecule has 2 aromatic rings. The minimum absolute atomic E-state index is 0.0599. The number of carbonyl (C=O) groups is 2.